The lowest BCUT2D eigenvalue weighted by atomic mass is 10.1. The van der Waals surface area contributed by atoms with Crippen LogP contribution in [0.5, 0.6) is 0 Å². The molecule has 3 N–H and O–H groups in total. The van der Waals surface area contributed by atoms with E-state index in [1.807, 2.05) is 32.0 Å². The Kier molecular flexibility index (Phi) is 6.92. The molecule has 0 spiro atoms. The quantitative estimate of drug-likeness (QED) is 0.446. The van der Waals surface area contributed by atoms with Gasteiger partial charge in [0.2, 0.25) is 11.8 Å². The fourth-order valence-electron chi connectivity index (χ4n) is 3.58. The van der Waals surface area contributed by atoms with Crippen molar-refractivity contribution in [3.8, 4) is 5.69 Å². The van der Waals surface area contributed by atoms with Gasteiger partial charge in [-0.05, 0) is 55.3 Å². The molecule has 2 aromatic carbocycles. The number of thioether (sulfide) groups is 1. The van der Waals surface area contributed by atoms with Crippen molar-refractivity contribution in [1.29, 1.82) is 0 Å². The Balaban J connectivity index is 1.54. The average molecular weight is 483 g/mol. The fourth-order valence-corrected chi connectivity index (χ4v) is 4.35. The van der Waals surface area contributed by atoms with Gasteiger partial charge in [0.25, 0.3) is 0 Å². The summed E-state index contributed by atoms with van der Waals surface area (Å²) in [6, 6.07) is 10.6. The number of halogens is 1. The molecule has 0 aliphatic carbocycles. The van der Waals surface area contributed by atoms with Crippen molar-refractivity contribution in [3.05, 3.63) is 65.2 Å². The monoisotopic (exact) mass is 482 g/mol. The predicted molar refractivity (Wildman–Crippen MR) is 125 cm³/mol. The molecule has 176 valence electrons. The molecule has 1 unspecified atom stereocenters. The minimum atomic E-state index is -0.563. The molecule has 9 nitrogen and oxygen atoms in total. The van der Waals surface area contributed by atoms with E-state index in [1.54, 1.807) is 16.7 Å². The smallest absolute Gasteiger partial charge is 0.321 e. The number of amides is 4. The predicted octanol–water partition coefficient (Wildman–Crippen LogP) is 2.89. The number of carbonyl (C=O) groups is 3. The van der Waals surface area contributed by atoms with E-state index in [0.29, 0.717) is 16.7 Å². The Morgan fingerprint density at radius 2 is 1.94 bits per heavy atom. The molecule has 34 heavy (non-hydrogen) atoms. The first-order chi connectivity index (χ1) is 16.3. The van der Waals surface area contributed by atoms with E-state index in [1.165, 1.54) is 23.9 Å². The van der Waals surface area contributed by atoms with Gasteiger partial charge < -0.3 is 10.6 Å². The van der Waals surface area contributed by atoms with Crippen LogP contribution in [-0.4, -0.2) is 44.4 Å². The maximum atomic E-state index is 13.5. The molecule has 1 atom stereocenters. The Hall–Kier alpha value is -3.73. The molecule has 3 aromatic rings. The number of aromatic nitrogens is 3. The molecule has 4 rings (SSSR count). The highest BCUT2D eigenvalue weighted by Gasteiger charge is 2.27. The van der Waals surface area contributed by atoms with Crippen molar-refractivity contribution in [1.82, 2.24) is 25.4 Å². The molecular weight excluding hydrogens is 459 g/mol. The van der Waals surface area contributed by atoms with Crippen LogP contribution in [0.2, 0.25) is 0 Å². The van der Waals surface area contributed by atoms with Crippen LogP contribution in [0.4, 0.5) is 14.9 Å². The summed E-state index contributed by atoms with van der Waals surface area (Å²) in [7, 11) is 0. The number of carbonyl (C=O) groups excluding carboxylic acids is 3. The second-order valence-electron chi connectivity index (χ2n) is 7.99. The van der Waals surface area contributed by atoms with Crippen molar-refractivity contribution >= 4 is 35.3 Å². The average Bonchev–Trinajstić information content (AvgIpc) is 3.17. The Bertz CT molecular complexity index is 1230. The zero-order valence-electron chi connectivity index (χ0n) is 18.6. The molecule has 0 bridgehead atoms. The van der Waals surface area contributed by atoms with Crippen LogP contribution in [0.1, 0.15) is 23.4 Å². The highest BCUT2D eigenvalue weighted by atomic mass is 32.2. The summed E-state index contributed by atoms with van der Waals surface area (Å²) in [5.41, 5.74) is 3.35. The van der Waals surface area contributed by atoms with E-state index in [2.05, 4.69) is 26.1 Å². The number of nitrogens with one attached hydrogen (secondary N) is 3. The van der Waals surface area contributed by atoms with Crippen LogP contribution in [0.25, 0.3) is 5.69 Å². The lowest BCUT2D eigenvalue weighted by Crippen LogP contribution is -2.53. The van der Waals surface area contributed by atoms with E-state index < -0.39 is 17.9 Å². The highest BCUT2D eigenvalue weighted by molar-refractivity contribution is 7.99. The summed E-state index contributed by atoms with van der Waals surface area (Å²) in [5.74, 6) is -0.417. The van der Waals surface area contributed by atoms with E-state index in [9.17, 15) is 18.8 Å². The third-order valence-electron chi connectivity index (χ3n) is 5.23. The van der Waals surface area contributed by atoms with Crippen LogP contribution >= 0.6 is 11.8 Å². The summed E-state index contributed by atoms with van der Waals surface area (Å²) in [5, 5.41) is 16.7. The number of urea groups is 1. The van der Waals surface area contributed by atoms with E-state index >= 15 is 0 Å². The summed E-state index contributed by atoms with van der Waals surface area (Å²) < 4.78 is 15.2. The van der Waals surface area contributed by atoms with Crippen molar-refractivity contribution in [2.45, 2.75) is 37.9 Å². The van der Waals surface area contributed by atoms with Crippen LogP contribution in [-0.2, 0) is 16.0 Å². The van der Waals surface area contributed by atoms with Crippen molar-refractivity contribution in [3.63, 3.8) is 0 Å². The first-order valence-corrected chi connectivity index (χ1v) is 11.6. The van der Waals surface area contributed by atoms with Gasteiger partial charge in [-0.2, -0.15) is 0 Å². The first kappa shape index (κ1) is 23.4. The Morgan fingerprint density at radius 1 is 1.18 bits per heavy atom. The number of benzene rings is 2. The molecule has 2 heterocycles. The molecule has 0 radical (unpaired) electrons. The summed E-state index contributed by atoms with van der Waals surface area (Å²) in [4.78, 5) is 36.0. The normalized spacial score (nSPS) is 15.6. The minimum absolute atomic E-state index is 0.0787. The third-order valence-corrected chi connectivity index (χ3v) is 6.16. The van der Waals surface area contributed by atoms with Crippen LogP contribution in [0.15, 0.2) is 47.6 Å². The number of aryl methyl sites for hydroxylation is 2. The summed E-state index contributed by atoms with van der Waals surface area (Å²) >= 11 is 1.18. The molecule has 1 aliphatic heterocycles. The number of hydrogen-bond acceptors (Lipinski definition) is 6. The van der Waals surface area contributed by atoms with E-state index in [-0.39, 0.29) is 30.4 Å². The third kappa shape index (κ3) is 5.60. The van der Waals surface area contributed by atoms with E-state index in [0.717, 1.165) is 16.8 Å². The van der Waals surface area contributed by atoms with Gasteiger partial charge in [-0.3, -0.25) is 19.5 Å². The molecule has 1 saturated heterocycles. The number of rotatable bonds is 7. The minimum Gasteiger partial charge on any atom is -0.334 e. The Morgan fingerprint density at radius 3 is 2.68 bits per heavy atom. The maximum Gasteiger partial charge on any atom is 0.321 e. The van der Waals surface area contributed by atoms with Gasteiger partial charge in [-0.25, -0.2) is 9.18 Å². The molecule has 1 aliphatic rings. The SMILES string of the molecule is Cc1ccc(C)c(NC(=O)CSc2nnc(CC3CC(=O)NC(=O)N3)n2-c2ccc(F)cc2)c1. The molecule has 4 amide bonds. The second-order valence-corrected chi connectivity index (χ2v) is 8.94. The van der Waals surface area contributed by atoms with Gasteiger partial charge in [-0.1, -0.05) is 23.9 Å². The summed E-state index contributed by atoms with van der Waals surface area (Å²) in [6.45, 7) is 3.87. The summed E-state index contributed by atoms with van der Waals surface area (Å²) in [6.07, 6.45) is 0.335. The van der Waals surface area contributed by atoms with Crippen LogP contribution < -0.4 is 16.0 Å². The number of imide groups is 1. The zero-order chi connectivity index (χ0) is 24.2. The highest BCUT2D eigenvalue weighted by Crippen LogP contribution is 2.24. The van der Waals surface area contributed by atoms with Crippen molar-refractivity contribution in [2.24, 2.45) is 0 Å². The first-order valence-electron chi connectivity index (χ1n) is 10.6. The van der Waals surface area contributed by atoms with Gasteiger partial charge >= 0.3 is 6.03 Å². The maximum absolute atomic E-state index is 13.5. The largest absolute Gasteiger partial charge is 0.334 e. The molecular formula is C23H23FN6O3S. The number of anilines is 1. The van der Waals surface area contributed by atoms with Gasteiger partial charge in [0.05, 0.1) is 5.75 Å². The lowest BCUT2D eigenvalue weighted by molar-refractivity contribution is -0.121. The van der Waals surface area contributed by atoms with Crippen LogP contribution in [0, 0.1) is 19.7 Å². The topological polar surface area (TPSA) is 118 Å². The van der Waals surface area contributed by atoms with Gasteiger partial charge in [0.15, 0.2) is 5.16 Å². The van der Waals surface area contributed by atoms with Crippen LogP contribution in [0.3, 0.4) is 0 Å². The molecule has 1 fully saturated rings. The van der Waals surface area contributed by atoms with E-state index in [4.69, 9.17) is 0 Å². The Labute approximate surface area is 199 Å². The molecule has 11 heteroatoms. The lowest BCUT2D eigenvalue weighted by Gasteiger charge is -2.23. The van der Waals surface area contributed by atoms with Gasteiger partial charge in [-0.15, -0.1) is 10.2 Å². The van der Waals surface area contributed by atoms with Gasteiger partial charge in [0, 0.05) is 30.3 Å². The second kappa shape index (κ2) is 10.0. The fraction of sp³-hybridized carbons (Fsp3) is 0.261. The van der Waals surface area contributed by atoms with Gasteiger partial charge in [0.1, 0.15) is 11.6 Å². The number of nitrogens with zero attached hydrogens (tertiary/aromatic N) is 3. The van der Waals surface area contributed by atoms with Crippen molar-refractivity contribution < 1.29 is 18.8 Å². The number of hydrogen-bond donors (Lipinski definition) is 3. The molecule has 0 saturated carbocycles. The zero-order valence-corrected chi connectivity index (χ0v) is 19.4. The van der Waals surface area contributed by atoms with Crippen molar-refractivity contribution in [2.75, 3.05) is 11.1 Å². The molecule has 1 aromatic heterocycles. The standard InChI is InChI=1S/C23H23FN6O3S/c1-13-3-4-14(2)18(9-13)26-21(32)12-34-23-29-28-19(10-16-11-20(31)27-22(33)25-16)30(23)17-7-5-15(24)6-8-17/h3-9,16H,10-12H2,1-2H3,(H,26,32)(H2,25,27,31,33).